The zero-order chi connectivity index (χ0) is 16.1. The summed E-state index contributed by atoms with van der Waals surface area (Å²) in [6.07, 6.45) is 0.721. The Bertz CT molecular complexity index is 666. The molecule has 0 fully saturated rings. The highest BCUT2D eigenvalue weighted by molar-refractivity contribution is 9.10. The maximum absolute atomic E-state index is 11.1. The first-order valence-corrected chi connectivity index (χ1v) is 7.96. The number of aryl methyl sites for hydroxylation is 2. The van der Waals surface area contributed by atoms with Crippen molar-refractivity contribution in [3.05, 3.63) is 56.5 Å². The Morgan fingerprint density at radius 1 is 1.09 bits per heavy atom. The fourth-order valence-corrected chi connectivity index (χ4v) is 3.08. The van der Waals surface area contributed by atoms with Crippen LogP contribution in [0.15, 0.2) is 34.8 Å². The predicted octanol–water partition coefficient (Wildman–Crippen LogP) is 4.99. The monoisotopic (exact) mass is 382 g/mol. The van der Waals surface area contributed by atoms with Gasteiger partial charge in [-0.05, 0) is 53.0 Å². The topological polar surface area (TPSA) is 35.5 Å². The highest BCUT2D eigenvalue weighted by Gasteiger charge is 2.10. The Kier molecular flexibility index (Phi) is 5.86. The van der Waals surface area contributed by atoms with Crippen LogP contribution in [0, 0.1) is 13.8 Å². The van der Waals surface area contributed by atoms with Crippen LogP contribution in [0.2, 0.25) is 5.02 Å². The van der Waals surface area contributed by atoms with Gasteiger partial charge in [-0.15, -0.1) is 0 Å². The average molecular weight is 384 g/mol. The molecular weight excluding hydrogens is 368 g/mol. The van der Waals surface area contributed by atoms with Crippen molar-refractivity contribution in [3.8, 4) is 11.5 Å². The van der Waals surface area contributed by atoms with E-state index in [1.807, 2.05) is 32.0 Å². The third-order valence-corrected chi connectivity index (χ3v) is 3.96. The third-order valence-electron chi connectivity index (χ3n) is 3.15. The summed E-state index contributed by atoms with van der Waals surface area (Å²) in [5.74, 6) is 1.35. The molecule has 2 aromatic carbocycles. The van der Waals surface area contributed by atoms with Gasteiger partial charge in [0.15, 0.2) is 6.29 Å². The summed E-state index contributed by atoms with van der Waals surface area (Å²) < 4.78 is 12.1. The molecule has 0 unspecified atom stereocenters. The van der Waals surface area contributed by atoms with E-state index < -0.39 is 0 Å². The molecule has 22 heavy (non-hydrogen) atoms. The fourth-order valence-electron chi connectivity index (χ4n) is 2.13. The van der Waals surface area contributed by atoms with Crippen LogP contribution in [0.1, 0.15) is 21.5 Å². The van der Waals surface area contributed by atoms with Gasteiger partial charge in [-0.1, -0.05) is 29.8 Å². The number of carbonyl (C=O) groups is 1. The second kappa shape index (κ2) is 7.65. The molecule has 5 heteroatoms. The third kappa shape index (κ3) is 4.02. The molecule has 0 N–H and O–H groups in total. The van der Waals surface area contributed by atoms with Crippen LogP contribution >= 0.6 is 27.5 Å². The molecule has 0 aliphatic rings. The van der Waals surface area contributed by atoms with Crippen LogP contribution in [0.4, 0.5) is 0 Å². The van der Waals surface area contributed by atoms with Gasteiger partial charge >= 0.3 is 0 Å². The van der Waals surface area contributed by atoms with E-state index in [0.29, 0.717) is 34.0 Å². The Labute approximate surface area is 143 Å². The van der Waals surface area contributed by atoms with Crippen LogP contribution in [0.5, 0.6) is 11.5 Å². The number of ether oxygens (including phenoxy) is 2. The first-order chi connectivity index (χ1) is 10.5. The van der Waals surface area contributed by atoms with Gasteiger partial charge in [0, 0.05) is 5.02 Å². The van der Waals surface area contributed by atoms with E-state index in [4.69, 9.17) is 21.1 Å². The molecular formula is C17H16BrClO3. The number of hydrogen-bond acceptors (Lipinski definition) is 3. The first-order valence-electron chi connectivity index (χ1n) is 6.79. The summed E-state index contributed by atoms with van der Waals surface area (Å²) in [6, 6.07) is 9.26. The molecule has 2 aromatic rings. The van der Waals surface area contributed by atoms with Gasteiger partial charge in [0.05, 0.1) is 10.0 Å². The van der Waals surface area contributed by atoms with Gasteiger partial charge in [-0.25, -0.2) is 0 Å². The lowest BCUT2D eigenvalue weighted by molar-refractivity contribution is 0.111. The average Bonchev–Trinajstić information content (AvgIpc) is 2.47. The van der Waals surface area contributed by atoms with Crippen LogP contribution < -0.4 is 9.47 Å². The van der Waals surface area contributed by atoms with Crippen LogP contribution in [0.25, 0.3) is 0 Å². The summed E-state index contributed by atoms with van der Waals surface area (Å²) >= 11 is 9.26. The Balaban J connectivity index is 1.99. The van der Waals surface area contributed by atoms with Crippen molar-refractivity contribution in [3.63, 3.8) is 0 Å². The molecule has 0 radical (unpaired) electrons. The predicted molar refractivity (Wildman–Crippen MR) is 91.4 cm³/mol. The number of benzene rings is 2. The van der Waals surface area contributed by atoms with Gasteiger partial charge in [0.25, 0.3) is 0 Å². The van der Waals surface area contributed by atoms with Crippen LogP contribution in [-0.2, 0) is 0 Å². The van der Waals surface area contributed by atoms with E-state index >= 15 is 0 Å². The maximum atomic E-state index is 11.1. The maximum Gasteiger partial charge on any atom is 0.153 e. The highest BCUT2D eigenvalue weighted by Crippen LogP contribution is 2.32. The molecule has 0 heterocycles. The lowest BCUT2D eigenvalue weighted by atomic mass is 10.1. The van der Waals surface area contributed by atoms with E-state index in [9.17, 15) is 4.79 Å². The Morgan fingerprint density at radius 2 is 1.68 bits per heavy atom. The molecule has 0 amide bonds. The number of rotatable bonds is 6. The summed E-state index contributed by atoms with van der Waals surface area (Å²) in [7, 11) is 0. The van der Waals surface area contributed by atoms with Gasteiger partial charge in [0.2, 0.25) is 0 Å². The standard InChI is InChI=1S/C17H16BrClO3/c1-11-4-3-5-12(2)16(11)21-6-7-22-17-13(10-20)8-14(19)9-15(17)18/h3-5,8-10H,6-7H2,1-2H3. The number of para-hydroxylation sites is 1. The normalized spacial score (nSPS) is 10.4. The lowest BCUT2D eigenvalue weighted by Crippen LogP contribution is -2.11. The number of hydrogen-bond donors (Lipinski definition) is 0. The van der Waals surface area contributed by atoms with Crippen molar-refractivity contribution < 1.29 is 14.3 Å². The molecule has 0 saturated carbocycles. The van der Waals surface area contributed by atoms with E-state index in [2.05, 4.69) is 15.9 Å². The molecule has 116 valence electrons. The zero-order valence-electron chi connectivity index (χ0n) is 12.4. The summed E-state index contributed by atoms with van der Waals surface area (Å²) in [4.78, 5) is 11.1. The number of carbonyl (C=O) groups excluding carboxylic acids is 1. The highest BCUT2D eigenvalue weighted by atomic mass is 79.9. The van der Waals surface area contributed by atoms with Crippen molar-refractivity contribution in [2.45, 2.75) is 13.8 Å². The zero-order valence-corrected chi connectivity index (χ0v) is 14.7. The summed E-state index contributed by atoms with van der Waals surface area (Å²) in [5, 5.41) is 0.480. The van der Waals surface area contributed by atoms with Gasteiger partial charge < -0.3 is 9.47 Å². The van der Waals surface area contributed by atoms with Gasteiger partial charge in [0.1, 0.15) is 24.7 Å². The summed E-state index contributed by atoms with van der Waals surface area (Å²) in [6.45, 7) is 4.72. The van der Waals surface area contributed by atoms with Gasteiger partial charge in [-0.3, -0.25) is 4.79 Å². The number of aldehydes is 1. The van der Waals surface area contributed by atoms with Crippen molar-refractivity contribution in [1.29, 1.82) is 0 Å². The van der Waals surface area contributed by atoms with Crippen molar-refractivity contribution in [2.75, 3.05) is 13.2 Å². The molecule has 0 saturated heterocycles. The van der Waals surface area contributed by atoms with E-state index in [1.165, 1.54) is 0 Å². The molecule has 0 spiro atoms. The second-order valence-corrected chi connectivity index (χ2v) is 6.13. The van der Waals surface area contributed by atoms with E-state index in [-0.39, 0.29) is 0 Å². The summed E-state index contributed by atoms with van der Waals surface area (Å²) in [5.41, 5.74) is 2.58. The Hall–Kier alpha value is -1.52. The molecule has 2 rings (SSSR count). The Morgan fingerprint density at radius 3 is 2.27 bits per heavy atom. The van der Waals surface area contributed by atoms with Gasteiger partial charge in [-0.2, -0.15) is 0 Å². The molecule has 0 aromatic heterocycles. The van der Waals surface area contributed by atoms with Crippen LogP contribution in [-0.4, -0.2) is 19.5 Å². The first kappa shape index (κ1) is 16.8. The number of halogens is 2. The minimum atomic E-state index is 0.328. The van der Waals surface area contributed by atoms with Crippen LogP contribution in [0.3, 0.4) is 0 Å². The molecule has 0 bridgehead atoms. The SMILES string of the molecule is Cc1cccc(C)c1OCCOc1c(Br)cc(Cl)cc1C=O. The quantitative estimate of drug-likeness (QED) is 0.521. The fraction of sp³-hybridized carbons (Fsp3) is 0.235. The molecule has 0 aliphatic carbocycles. The minimum absolute atomic E-state index is 0.328. The largest absolute Gasteiger partial charge is 0.489 e. The van der Waals surface area contributed by atoms with Crippen molar-refractivity contribution in [1.82, 2.24) is 0 Å². The minimum Gasteiger partial charge on any atom is -0.489 e. The van der Waals surface area contributed by atoms with Crippen molar-refractivity contribution in [2.24, 2.45) is 0 Å². The molecule has 0 atom stereocenters. The smallest absolute Gasteiger partial charge is 0.153 e. The van der Waals surface area contributed by atoms with Crippen molar-refractivity contribution >= 4 is 33.8 Å². The molecule has 3 nitrogen and oxygen atoms in total. The molecule has 0 aliphatic heterocycles. The second-order valence-electron chi connectivity index (χ2n) is 4.84. The van der Waals surface area contributed by atoms with E-state index in [1.54, 1.807) is 12.1 Å². The van der Waals surface area contributed by atoms with E-state index in [0.717, 1.165) is 23.2 Å². The lowest BCUT2D eigenvalue weighted by Gasteiger charge is -2.14.